The number of carbonyl (C=O) groups excluding carboxylic acids is 1. The van der Waals surface area contributed by atoms with Gasteiger partial charge in [0.25, 0.3) is 5.91 Å². The standard InChI is InChI=1S/C15H12ClN5O2/c1-20-7-11-13(14-18-12(6-16)23-19-14)17-8-21(11)10-5-3-2-4-9(10)15(20)22/h2-5,8H,6-7H2,1H3. The molecule has 0 radical (unpaired) electrons. The van der Waals surface area contributed by atoms with E-state index in [9.17, 15) is 4.79 Å². The van der Waals surface area contributed by atoms with Gasteiger partial charge in [0.05, 0.1) is 23.5 Å². The van der Waals surface area contributed by atoms with Gasteiger partial charge in [-0.3, -0.25) is 9.36 Å². The van der Waals surface area contributed by atoms with Crippen molar-refractivity contribution >= 4 is 17.5 Å². The smallest absolute Gasteiger partial charge is 0.256 e. The van der Waals surface area contributed by atoms with Crippen LogP contribution in [0.15, 0.2) is 35.1 Å². The monoisotopic (exact) mass is 329 g/mol. The lowest BCUT2D eigenvalue weighted by Crippen LogP contribution is -2.25. The zero-order chi connectivity index (χ0) is 16.0. The molecule has 2 aromatic heterocycles. The number of nitrogens with zero attached hydrogens (tertiary/aromatic N) is 5. The molecule has 8 heteroatoms. The molecular formula is C15H12ClN5O2. The summed E-state index contributed by atoms with van der Waals surface area (Å²) in [7, 11) is 1.76. The molecule has 116 valence electrons. The van der Waals surface area contributed by atoms with Gasteiger partial charge < -0.3 is 9.42 Å². The van der Waals surface area contributed by atoms with Gasteiger partial charge in [-0.25, -0.2) is 4.98 Å². The van der Waals surface area contributed by atoms with Crippen molar-refractivity contribution in [2.45, 2.75) is 12.4 Å². The van der Waals surface area contributed by atoms with Gasteiger partial charge in [-0.05, 0) is 12.1 Å². The van der Waals surface area contributed by atoms with Crippen LogP contribution < -0.4 is 0 Å². The number of benzene rings is 1. The zero-order valence-electron chi connectivity index (χ0n) is 12.2. The Bertz CT molecular complexity index is 901. The van der Waals surface area contributed by atoms with E-state index >= 15 is 0 Å². The number of halogens is 1. The van der Waals surface area contributed by atoms with E-state index in [4.69, 9.17) is 16.1 Å². The molecule has 1 aliphatic heterocycles. The molecule has 0 bridgehead atoms. The molecule has 0 N–H and O–H groups in total. The van der Waals surface area contributed by atoms with E-state index < -0.39 is 0 Å². The molecule has 7 nitrogen and oxygen atoms in total. The Labute approximate surface area is 136 Å². The van der Waals surface area contributed by atoms with Gasteiger partial charge in [-0.15, -0.1) is 11.6 Å². The van der Waals surface area contributed by atoms with E-state index in [2.05, 4.69) is 15.1 Å². The number of para-hydroxylation sites is 1. The molecule has 0 atom stereocenters. The van der Waals surface area contributed by atoms with Gasteiger partial charge >= 0.3 is 0 Å². The molecule has 3 heterocycles. The van der Waals surface area contributed by atoms with Crippen LogP contribution in [-0.4, -0.2) is 37.5 Å². The first-order valence-electron chi connectivity index (χ1n) is 6.99. The predicted molar refractivity (Wildman–Crippen MR) is 82.2 cm³/mol. The number of amides is 1. The fraction of sp³-hybridized carbons (Fsp3) is 0.200. The molecule has 1 amide bonds. The topological polar surface area (TPSA) is 77.1 Å². The van der Waals surface area contributed by atoms with Gasteiger partial charge in [0, 0.05) is 7.05 Å². The fourth-order valence-corrected chi connectivity index (χ4v) is 2.80. The summed E-state index contributed by atoms with van der Waals surface area (Å²) in [6, 6.07) is 7.44. The summed E-state index contributed by atoms with van der Waals surface area (Å²) >= 11 is 5.71. The van der Waals surface area contributed by atoms with E-state index in [1.54, 1.807) is 18.3 Å². The van der Waals surface area contributed by atoms with Crippen LogP contribution in [0.3, 0.4) is 0 Å². The maximum absolute atomic E-state index is 12.5. The highest BCUT2D eigenvalue weighted by molar-refractivity contribution is 6.16. The van der Waals surface area contributed by atoms with Crippen LogP contribution in [-0.2, 0) is 12.4 Å². The second-order valence-corrected chi connectivity index (χ2v) is 5.50. The van der Waals surface area contributed by atoms with E-state index in [0.29, 0.717) is 29.5 Å². The summed E-state index contributed by atoms with van der Waals surface area (Å²) in [5.74, 6) is 0.811. The minimum absolute atomic E-state index is 0.0372. The molecule has 4 rings (SSSR count). The average molecular weight is 330 g/mol. The van der Waals surface area contributed by atoms with E-state index in [1.165, 1.54) is 0 Å². The van der Waals surface area contributed by atoms with E-state index in [1.807, 2.05) is 28.8 Å². The number of alkyl halides is 1. The molecule has 23 heavy (non-hydrogen) atoms. The van der Waals surface area contributed by atoms with E-state index in [0.717, 1.165) is 11.4 Å². The Balaban J connectivity index is 1.92. The summed E-state index contributed by atoms with van der Waals surface area (Å²) < 4.78 is 6.95. The lowest BCUT2D eigenvalue weighted by atomic mass is 10.1. The van der Waals surface area contributed by atoms with Crippen molar-refractivity contribution in [2.75, 3.05) is 7.05 Å². The second-order valence-electron chi connectivity index (χ2n) is 5.23. The van der Waals surface area contributed by atoms with Gasteiger partial charge in [0.1, 0.15) is 17.9 Å². The Morgan fingerprint density at radius 2 is 2.17 bits per heavy atom. The number of hydrogen-bond acceptors (Lipinski definition) is 5. The molecule has 0 unspecified atom stereocenters. The predicted octanol–water partition coefficient (Wildman–Crippen LogP) is 2.25. The second kappa shape index (κ2) is 5.20. The number of carbonyl (C=O) groups is 1. The SMILES string of the molecule is CN1Cc2c(-c3noc(CCl)n3)ncn2-c2ccccc2C1=O. The van der Waals surface area contributed by atoms with Crippen LogP contribution in [0.5, 0.6) is 0 Å². The number of rotatable bonds is 2. The van der Waals surface area contributed by atoms with Crippen molar-refractivity contribution in [1.29, 1.82) is 0 Å². The highest BCUT2D eigenvalue weighted by Crippen LogP contribution is 2.29. The molecule has 0 saturated carbocycles. The van der Waals surface area contributed by atoms with Crippen LogP contribution in [0.25, 0.3) is 17.2 Å². The Kier molecular flexibility index (Phi) is 3.16. The van der Waals surface area contributed by atoms with Crippen LogP contribution in [0, 0.1) is 0 Å². The third-order valence-electron chi connectivity index (χ3n) is 3.79. The van der Waals surface area contributed by atoms with Crippen molar-refractivity contribution in [2.24, 2.45) is 0 Å². The maximum atomic E-state index is 12.5. The van der Waals surface area contributed by atoms with E-state index in [-0.39, 0.29) is 11.8 Å². The molecule has 0 aliphatic carbocycles. The molecule has 1 aliphatic rings. The van der Waals surface area contributed by atoms with Gasteiger partial charge in [-0.2, -0.15) is 4.98 Å². The number of aromatic nitrogens is 4. The quantitative estimate of drug-likeness (QED) is 0.674. The minimum Gasteiger partial charge on any atom is -0.338 e. The van der Waals surface area contributed by atoms with Crippen LogP contribution in [0.4, 0.5) is 0 Å². The normalized spacial score (nSPS) is 13.7. The minimum atomic E-state index is -0.0372. The van der Waals surface area contributed by atoms with Crippen molar-refractivity contribution in [3.63, 3.8) is 0 Å². The first-order valence-corrected chi connectivity index (χ1v) is 7.52. The van der Waals surface area contributed by atoms with Crippen LogP contribution in [0.2, 0.25) is 0 Å². The first-order chi connectivity index (χ1) is 11.2. The summed E-state index contributed by atoms with van der Waals surface area (Å²) in [6.07, 6.45) is 1.67. The highest BCUT2D eigenvalue weighted by Gasteiger charge is 2.27. The molecule has 3 aromatic rings. The summed E-state index contributed by atoms with van der Waals surface area (Å²) in [5, 5.41) is 3.92. The fourth-order valence-electron chi connectivity index (χ4n) is 2.69. The van der Waals surface area contributed by atoms with Gasteiger partial charge in [0.2, 0.25) is 11.7 Å². The summed E-state index contributed by atoms with van der Waals surface area (Å²) in [5.41, 5.74) is 2.83. The van der Waals surface area contributed by atoms with Crippen molar-refractivity contribution in [3.05, 3.63) is 47.7 Å². The van der Waals surface area contributed by atoms with Crippen LogP contribution in [0.1, 0.15) is 21.9 Å². The van der Waals surface area contributed by atoms with Crippen molar-refractivity contribution < 1.29 is 9.32 Å². The third kappa shape index (κ3) is 2.12. The Morgan fingerprint density at radius 3 is 2.96 bits per heavy atom. The third-order valence-corrected chi connectivity index (χ3v) is 4.02. The van der Waals surface area contributed by atoms with Crippen LogP contribution >= 0.6 is 11.6 Å². The van der Waals surface area contributed by atoms with Crippen molar-refractivity contribution in [3.8, 4) is 17.2 Å². The lowest BCUT2D eigenvalue weighted by molar-refractivity contribution is 0.0788. The average Bonchev–Trinajstić information content (AvgIpc) is 3.18. The highest BCUT2D eigenvalue weighted by atomic mass is 35.5. The van der Waals surface area contributed by atoms with Crippen molar-refractivity contribution in [1.82, 2.24) is 24.6 Å². The zero-order valence-corrected chi connectivity index (χ0v) is 13.0. The maximum Gasteiger partial charge on any atom is 0.256 e. The Morgan fingerprint density at radius 1 is 1.35 bits per heavy atom. The van der Waals surface area contributed by atoms with Gasteiger partial charge in [0.15, 0.2) is 0 Å². The molecule has 0 spiro atoms. The first kappa shape index (κ1) is 14.0. The lowest BCUT2D eigenvalue weighted by Gasteiger charge is -2.14. The number of fused-ring (bicyclic) bond motifs is 3. The molecule has 1 aromatic carbocycles. The summed E-state index contributed by atoms with van der Waals surface area (Å²) in [4.78, 5) is 22.8. The summed E-state index contributed by atoms with van der Waals surface area (Å²) in [6.45, 7) is 0.396. The molecule has 0 fully saturated rings. The molecular weight excluding hydrogens is 318 g/mol. The molecule has 0 saturated heterocycles. The number of imidazole rings is 1. The Hall–Kier alpha value is -2.67. The van der Waals surface area contributed by atoms with Gasteiger partial charge in [-0.1, -0.05) is 17.3 Å². The largest absolute Gasteiger partial charge is 0.338 e. The number of hydrogen-bond donors (Lipinski definition) is 0.